The number of hydrogen-bond acceptors (Lipinski definition) is 5. The average molecular weight is 373 g/mol. The molecule has 0 unspecified atom stereocenters. The Morgan fingerprint density at radius 3 is 2.42 bits per heavy atom. The fourth-order valence-corrected chi connectivity index (χ4v) is 1.65. The lowest BCUT2D eigenvalue weighted by Gasteiger charge is -2.13. The molecule has 0 atom stereocenters. The first-order chi connectivity index (χ1) is 11.1. The van der Waals surface area contributed by atoms with Crippen LogP contribution in [0, 0.1) is 0 Å². The van der Waals surface area contributed by atoms with Gasteiger partial charge in [0.25, 0.3) is 0 Å². The summed E-state index contributed by atoms with van der Waals surface area (Å²) >= 11 is 5.49. The monoisotopic (exact) mass is 372 g/mol. The number of rotatable bonds is 5. The molecule has 0 saturated carbocycles. The largest absolute Gasteiger partial charge is 0.429 e. The number of halogens is 7. The number of nitrogens with zero attached hydrogens (tertiary/aromatic N) is 3. The summed E-state index contributed by atoms with van der Waals surface area (Å²) in [5.74, 6) is -0.459. The van der Waals surface area contributed by atoms with Crippen LogP contribution in [0.4, 0.5) is 38.0 Å². The predicted octanol–water partition coefficient (Wildman–Crippen LogP) is 4.23. The van der Waals surface area contributed by atoms with Crippen molar-refractivity contribution in [3.05, 3.63) is 35.1 Å². The number of aromatic nitrogens is 3. The molecule has 5 nitrogen and oxygen atoms in total. The Kier molecular flexibility index (Phi) is 5.02. The van der Waals surface area contributed by atoms with E-state index in [1.54, 1.807) is 0 Å². The highest BCUT2D eigenvalue weighted by molar-refractivity contribution is 6.28. The molecule has 0 bridgehead atoms. The first-order valence-corrected chi connectivity index (χ1v) is 6.45. The molecule has 1 heterocycles. The molecule has 1 aromatic carbocycles. The van der Waals surface area contributed by atoms with E-state index >= 15 is 0 Å². The van der Waals surface area contributed by atoms with Crippen LogP contribution in [-0.2, 0) is 6.18 Å². The van der Waals surface area contributed by atoms with Crippen LogP contribution in [0.25, 0.3) is 0 Å². The van der Waals surface area contributed by atoms with Crippen LogP contribution in [-0.4, -0.2) is 27.7 Å². The quantitative estimate of drug-likeness (QED) is 0.796. The first-order valence-electron chi connectivity index (χ1n) is 6.08. The van der Waals surface area contributed by atoms with Crippen molar-refractivity contribution >= 4 is 23.2 Å². The second-order valence-electron chi connectivity index (χ2n) is 4.29. The van der Waals surface area contributed by atoms with Crippen LogP contribution < -0.4 is 10.1 Å². The van der Waals surface area contributed by atoms with Crippen LogP contribution in [0.5, 0.6) is 6.01 Å². The maximum Gasteiger partial charge on any atom is 0.429 e. The highest BCUT2D eigenvalue weighted by atomic mass is 35.5. The lowest BCUT2D eigenvalue weighted by molar-refractivity contribution is -0.190. The van der Waals surface area contributed by atoms with Crippen molar-refractivity contribution in [1.29, 1.82) is 0 Å². The van der Waals surface area contributed by atoms with Gasteiger partial charge in [-0.15, -0.1) is 0 Å². The molecule has 1 N–H and O–H groups in total. The molecule has 0 radical (unpaired) electrons. The molecule has 0 spiro atoms. The van der Waals surface area contributed by atoms with Gasteiger partial charge in [-0.1, -0.05) is 6.07 Å². The summed E-state index contributed by atoms with van der Waals surface area (Å²) < 4.78 is 79.5. The molecular formula is C12H7ClF6N4O. The van der Waals surface area contributed by atoms with Gasteiger partial charge in [0.05, 0.1) is 5.56 Å². The molecule has 0 amide bonds. The van der Waals surface area contributed by atoms with Gasteiger partial charge in [-0.2, -0.15) is 36.9 Å². The zero-order valence-corrected chi connectivity index (χ0v) is 12.2. The molecule has 0 fully saturated rings. The second-order valence-corrected chi connectivity index (χ2v) is 4.63. The van der Waals surface area contributed by atoms with Gasteiger partial charge >= 0.3 is 18.3 Å². The summed E-state index contributed by atoms with van der Waals surface area (Å²) in [7, 11) is 0. The van der Waals surface area contributed by atoms with Crippen LogP contribution in [0.2, 0.25) is 5.28 Å². The smallest absolute Gasteiger partial charge is 0.396 e. The van der Waals surface area contributed by atoms with Crippen LogP contribution >= 0.6 is 11.6 Å². The number of nitrogens with one attached hydrogen (secondary N) is 1. The lowest BCUT2D eigenvalue weighted by atomic mass is 10.2. The van der Waals surface area contributed by atoms with E-state index in [-0.39, 0.29) is 5.69 Å². The summed E-state index contributed by atoms with van der Waals surface area (Å²) in [5, 5.41) is 1.76. The number of benzene rings is 1. The Bertz CT molecular complexity index is 727. The summed E-state index contributed by atoms with van der Waals surface area (Å²) in [4.78, 5) is 10.1. The van der Waals surface area contributed by atoms with Crippen molar-refractivity contribution in [2.45, 2.75) is 12.3 Å². The standard InChI is InChI=1S/C12H7ClF6N4O/c13-8-21-9(23-10(22-8)24-11(15,16)5-14)20-7-3-1-2-6(4-7)12(17,18)19/h1-4H,5H2,(H,20,21,22,23). The van der Waals surface area contributed by atoms with Gasteiger partial charge < -0.3 is 10.1 Å². The highest BCUT2D eigenvalue weighted by Gasteiger charge is 2.33. The third-order valence-corrected chi connectivity index (χ3v) is 2.60. The fraction of sp³-hybridized carbons (Fsp3) is 0.250. The topological polar surface area (TPSA) is 59.9 Å². The number of ether oxygens (including phenoxy) is 1. The summed E-state index contributed by atoms with van der Waals surface area (Å²) in [6, 6.07) is 2.95. The van der Waals surface area contributed by atoms with E-state index in [2.05, 4.69) is 25.0 Å². The Balaban J connectivity index is 2.26. The SMILES string of the molecule is FCC(F)(F)Oc1nc(Cl)nc(Nc2cccc(C(F)(F)F)c2)n1. The minimum Gasteiger partial charge on any atom is -0.396 e. The Morgan fingerprint density at radius 2 is 1.79 bits per heavy atom. The zero-order valence-electron chi connectivity index (χ0n) is 11.4. The molecule has 0 aliphatic carbocycles. The molecule has 24 heavy (non-hydrogen) atoms. The van der Waals surface area contributed by atoms with Gasteiger partial charge in [-0.3, -0.25) is 0 Å². The maximum absolute atomic E-state index is 12.8. The van der Waals surface area contributed by atoms with E-state index in [0.717, 1.165) is 18.2 Å². The molecule has 12 heteroatoms. The van der Waals surface area contributed by atoms with Crippen molar-refractivity contribution in [3.8, 4) is 6.01 Å². The van der Waals surface area contributed by atoms with E-state index in [1.165, 1.54) is 6.07 Å². The molecule has 1 aromatic heterocycles. The van der Waals surface area contributed by atoms with E-state index in [0.29, 0.717) is 0 Å². The number of hydrogen-bond donors (Lipinski definition) is 1. The number of alkyl halides is 6. The van der Waals surface area contributed by atoms with Crippen molar-refractivity contribution in [2.24, 2.45) is 0 Å². The van der Waals surface area contributed by atoms with Crippen LogP contribution in [0.15, 0.2) is 24.3 Å². The molecule has 130 valence electrons. The minimum absolute atomic E-state index is 0.0877. The van der Waals surface area contributed by atoms with E-state index in [1.807, 2.05) is 0 Å². The molecular weight excluding hydrogens is 366 g/mol. The van der Waals surface area contributed by atoms with Crippen molar-refractivity contribution in [1.82, 2.24) is 15.0 Å². The van der Waals surface area contributed by atoms with Gasteiger partial charge in [0.2, 0.25) is 11.2 Å². The summed E-state index contributed by atoms with van der Waals surface area (Å²) in [6.07, 6.45) is -8.76. The predicted molar refractivity (Wildman–Crippen MR) is 71.1 cm³/mol. The van der Waals surface area contributed by atoms with Gasteiger partial charge in [0, 0.05) is 5.69 Å². The minimum atomic E-state index is -4.58. The van der Waals surface area contributed by atoms with E-state index in [4.69, 9.17) is 11.6 Å². The third-order valence-electron chi connectivity index (χ3n) is 2.43. The normalized spacial score (nSPS) is 12.1. The lowest BCUT2D eigenvalue weighted by Crippen LogP contribution is -2.28. The molecule has 2 aromatic rings. The fourth-order valence-electron chi connectivity index (χ4n) is 1.50. The molecule has 0 saturated heterocycles. The Labute approximate surface area is 135 Å². The molecule has 0 aliphatic rings. The van der Waals surface area contributed by atoms with Crippen molar-refractivity contribution in [2.75, 3.05) is 12.0 Å². The van der Waals surface area contributed by atoms with Gasteiger partial charge in [0.1, 0.15) is 0 Å². The number of anilines is 2. The Hall–Kier alpha value is -2.30. The highest BCUT2D eigenvalue weighted by Crippen LogP contribution is 2.31. The molecule has 2 rings (SSSR count). The van der Waals surface area contributed by atoms with Gasteiger partial charge in [-0.05, 0) is 29.8 Å². The van der Waals surface area contributed by atoms with Gasteiger partial charge in [-0.25, -0.2) is 4.39 Å². The van der Waals surface area contributed by atoms with Crippen LogP contribution in [0.1, 0.15) is 5.56 Å². The summed E-state index contributed by atoms with van der Waals surface area (Å²) in [5.41, 5.74) is -1.04. The van der Waals surface area contributed by atoms with E-state index in [9.17, 15) is 26.3 Å². The average Bonchev–Trinajstić information content (AvgIpc) is 2.45. The van der Waals surface area contributed by atoms with Crippen molar-refractivity contribution < 1.29 is 31.1 Å². The maximum atomic E-state index is 12.8. The zero-order chi connectivity index (χ0) is 18.0. The Morgan fingerprint density at radius 1 is 1.08 bits per heavy atom. The summed E-state index contributed by atoms with van der Waals surface area (Å²) in [6.45, 7) is -2.13. The van der Waals surface area contributed by atoms with Crippen LogP contribution in [0.3, 0.4) is 0 Å². The first kappa shape index (κ1) is 18.0. The second kappa shape index (κ2) is 6.67. The molecule has 0 aliphatic heterocycles. The van der Waals surface area contributed by atoms with E-state index < -0.39 is 41.8 Å². The third kappa shape index (κ3) is 4.85. The van der Waals surface area contributed by atoms with Crippen molar-refractivity contribution in [3.63, 3.8) is 0 Å². The van der Waals surface area contributed by atoms with Gasteiger partial charge in [0.15, 0.2) is 6.67 Å².